The number of nitrogens with zero attached hydrogens (tertiary/aromatic N) is 3. The van der Waals surface area contributed by atoms with Gasteiger partial charge in [0.15, 0.2) is 0 Å². The molecule has 28 heavy (non-hydrogen) atoms. The second kappa shape index (κ2) is 7.15. The van der Waals surface area contributed by atoms with Crippen LogP contribution in [0.25, 0.3) is 11.3 Å². The first-order valence-corrected chi connectivity index (χ1v) is 9.84. The van der Waals surface area contributed by atoms with Gasteiger partial charge in [-0.15, -0.1) is 0 Å². The molecule has 4 rings (SSSR count). The number of aromatic nitrogens is 3. The fourth-order valence-electron chi connectivity index (χ4n) is 4.00. The fraction of sp³-hybridized carbons (Fsp3) is 0.318. The predicted octanol–water partition coefficient (Wildman–Crippen LogP) is 4.10. The largest absolute Gasteiger partial charge is 0.321 e. The molecular formula is C22H23ClN4O. The maximum absolute atomic E-state index is 12.6. The summed E-state index contributed by atoms with van der Waals surface area (Å²) < 4.78 is 1.63. The SMILES string of the molecule is CC1(n2nc(-c3cccnc3)ccc2=O)CCC(N)(c2cccc(Cl)c2)CC1. The number of pyridine rings is 1. The van der Waals surface area contributed by atoms with Crippen LogP contribution in [0.1, 0.15) is 38.2 Å². The smallest absolute Gasteiger partial charge is 0.267 e. The molecular weight excluding hydrogens is 372 g/mol. The van der Waals surface area contributed by atoms with E-state index in [1.807, 2.05) is 36.4 Å². The van der Waals surface area contributed by atoms with Crippen LogP contribution in [0, 0.1) is 0 Å². The van der Waals surface area contributed by atoms with Crippen molar-refractivity contribution < 1.29 is 0 Å². The van der Waals surface area contributed by atoms with Crippen molar-refractivity contribution in [2.75, 3.05) is 0 Å². The lowest BCUT2D eigenvalue weighted by molar-refractivity contribution is 0.133. The molecule has 1 fully saturated rings. The third-order valence-electron chi connectivity index (χ3n) is 5.89. The van der Waals surface area contributed by atoms with Gasteiger partial charge in [-0.25, -0.2) is 4.68 Å². The maximum atomic E-state index is 12.6. The topological polar surface area (TPSA) is 73.8 Å². The van der Waals surface area contributed by atoms with E-state index in [2.05, 4.69) is 17.0 Å². The van der Waals surface area contributed by atoms with Crippen LogP contribution in [0.15, 0.2) is 65.7 Å². The zero-order valence-corrected chi connectivity index (χ0v) is 16.6. The number of halogens is 1. The average molecular weight is 395 g/mol. The summed E-state index contributed by atoms with van der Waals surface area (Å²) >= 11 is 6.16. The highest BCUT2D eigenvalue weighted by Crippen LogP contribution is 2.42. The second-order valence-electron chi connectivity index (χ2n) is 7.87. The van der Waals surface area contributed by atoms with Crippen LogP contribution in [0.5, 0.6) is 0 Å². The lowest BCUT2D eigenvalue weighted by atomic mass is 9.70. The van der Waals surface area contributed by atoms with E-state index in [0.717, 1.165) is 42.5 Å². The van der Waals surface area contributed by atoms with E-state index in [9.17, 15) is 4.79 Å². The quantitative estimate of drug-likeness (QED) is 0.725. The Labute approximate surface area is 169 Å². The van der Waals surface area contributed by atoms with E-state index in [-0.39, 0.29) is 11.1 Å². The summed E-state index contributed by atoms with van der Waals surface area (Å²) in [5, 5.41) is 5.37. The highest BCUT2D eigenvalue weighted by molar-refractivity contribution is 6.30. The molecule has 2 aromatic heterocycles. The lowest BCUT2D eigenvalue weighted by Crippen LogP contribution is -2.49. The third kappa shape index (κ3) is 3.48. The normalized spacial score (nSPS) is 24.8. The molecule has 0 spiro atoms. The van der Waals surface area contributed by atoms with Gasteiger partial charge in [-0.3, -0.25) is 9.78 Å². The summed E-state index contributed by atoms with van der Waals surface area (Å²) in [5.74, 6) is 0. The molecule has 1 aliphatic rings. The molecule has 5 nitrogen and oxygen atoms in total. The van der Waals surface area contributed by atoms with Crippen LogP contribution >= 0.6 is 11.6 Å². The highest BCUT2D eigenvalue weighted by atomic mass is 35.5. The molecule has 144 valence electrons. The molecule has 0 saturated heterocycles. The number of hydrogen-bond acceptors (Lipinski definition) is 4. The number of rotatable bonds is 3. The Balaban J connectivity index is 1.63. The van der Waals surface area contributed by atoms with Gasteiger partial charge in [0, 0.05) is 34.6 Å². The Kier molecular flexibility index (Phi) is 4.81. The van der Waals surface area contributed by atoms with Crippen LogP contribution in [0.4, 0.5) is 0 Å². The fourth-order valence-corrected chi connectivity index (χ4v) is 4.19. The number of nitrogens with two attached hydrogens (primary N) is 1. The van der Waals surface area contributed by atoms with Gasteiger partial charge in [0.1, 0.15) is 0 Å². The van der Waals surface area contributed by atoms with E-state index >= 15 is 0 Å². The van der Waals surface area contributed by atoms with Crippen molar-refractivity contribution >= 4 is 11.6 Å². The van der Waals surface area contributed by atoms with Gasteiger partial charge in [-0.1, -0.05) is 23.7 Å². The first-order chi connectivity index (χ1) is 13.4. The molecule has 3 aromatic rings. The molecule has 0 amide bonds. The average Bonchev–Trinajstić information content (AvgIpc) is 2.71. The zero-order chi connectivity index (χ0) is 19.8. The van der Waals surface area contributed by atoms with Crippen LogP contribution in [0.2, 0.25) is 5.02 Å². The molecule has 1 saturated carbocycles. The third-order valence-corrected chi connectivity index (χ3v) is 6.12. The molecule has 1 aliphatic carbocycles. The van der Waals surface area contributed by atoms with E-state index < -0.39 is 5.54 Å². The van der Waals surface area contributed by atoms with Gasteiger partial charge in [-0.2, -0.15) is 5.10 Å². The van der Waals surface area contributed by atoms with Crippen molar-refractivity contribution in [2.24, 2.45) is 5.73 Å². The van der Waals surface area contributed by atoms with Crippen molar-refractivity contribution in [3.8, 4) is 11.3 Å². The van der Waals surface area contributed by atoms with Crippen LogP contribution in [-0.4, -0.2) is 14.8 Å². The molecule has 0 aliphatic heterocycles. The molecule has 1 aromatic carbocycles. The lowest BCUT2D eigenvalue weighted by Gasteiger charge is -2.43. The van der Waals surface area contributed by atoms with Crippen molar-refractivity contribution in [1.29, 1.82) is 0 Å². The molecule has 2 heterocycles. The van der Waals surface area contributed by atoms with Gasteiger partial charge in [0.25, 0.3) is 5.56 Å². The molecule has 6 heteroatoms. The van der Waals surface area contributed by atoms with Crippen LogP contribution in [-0.2, 0) is 11.1 Å². The molecule has 0 atom stereocenters. The van der Waals surface area contributed by atoms with Gasteiger partial charge >= 0.3 is 0 Å². The first kappa shape index (κ1) is 18.8. The summed E-state index contributed by atoms with van der Waals surface area (Å²) in [6.07, 6.45) is 6.52. The number of benzene rings is 1. The minimum absolute atomic E-state index is 0.0950. The van der Waals surface area contributed by atoms with Gasteiger partial charge in [-0.05, 0) is 68.5 Å². The summed E-state index contributed by atoms with van der Waals surface area (Å²) in [6, 6.07) is 14.9. The summed E-state index contributed by atoms with van der Waals surface area (Å²) in [7, 11) is 0. The van der Waals surface area contributed by atoms with Crippen LogP contribution in [0.3, 0.4) is 0 Å². The molecule has 0 radical (unpaired) electrons. The Morgan fingerprint density at radius 3 is 2.54 bits per heavy atom. The maximum Gasteiger partial charge on any atom is 0.267 e. The van der Waals surface area contributed by atoms with Crippen molar-refractivity contribution in [2.45, 2.75) is 43.7 Å². The van der Waals surface area contributed by atoms with Gasteiger partial charge in [0.05, 0.1) is 11.2 Å². The summed E-state index contributed by atoms with van der Waals surface area (Å²) in [6.45, 7) is 2.09. The highest BCUT2D eigenvalue weighted by Gasteiger charge is 2.41. The summed E-state index contributed by atoms with van der Waals surface area (Å²) in [4.78, 5) is 16.8. The minimum atomic E-state index is -0.436. The predicted molar refractivity (Wildman–Crippen MR) is 111 cm³/mol. The number of hydrogen-bond donors (Lipinski definition) is 1. The van der Waals surface area contributed by atoms with Gasteiger partial charge < -0.3 is 5.73 Å². The van der Waals surface area contributed by atoms with E-state index in [1.54, 1.807) is 29.2 Å². The Morgan fingerprint density at radius 1 is 1.07 bits per heavy atom. The van der Waals surface area contributed by atoms with Crippen molar-refractivity contribution in [1.82, 2.24) is 14.8 Å². The Hall–Kier alpha value is -2.50. The first-order valence-electron chi connectivity index (χ1n) is 9.46. The second-order valence-corrected chi connectivity index (χ2v) is 8.31. The molecule has 0 unspecified atom stereocenters. The van der Waals surface area contributed by atoms with E-state index in [0.29, 0.717) is 5.02 Å². The molecule has 0 bridgehead atoms. The monoisotopic (exact) mass is 394 g/mol. The van der Waals surface area contributed by atoms with Crippen LogP contribution < -0.4 is 11.3 Å². The zero-order valence-electron chi connectivity index (χ0n) is 15.8. The Morgan fingerprint density at radius 2 is 1.86 bits per heavy atom. The summed E-state index contributed by atoms with van der Waals surface area (Å²) in [5.41, 5.74) is 8.51. The van der Waals surface area contributed by atoms with E-state index in [4.69, 9.17) is 17.3 Å². The van der Waals surface area contributed by atoms with Gasteiger partial charge in [0.2, 0.25) is 0 Å². The Bertz CT molecular complexity index is 1040. The van der Waals surface area contributed by atoms with Crippen molar-refractivity contribution in [3.05, 3.63) is 81.9 Å². The minimum Gasteiger partial charge on any atom is -0.321 e. The van der Waals surface area contributed by atoms with E-state index in [1.165, 1.54) is 0 Å². The molecule has 2 N–H and O–H groups in total. The standard InChI is InChI=1S/C22H23ClN4O/c1-21(9-11-22(24,12-10-21)17-5-2-6-18(23)14-17)27-20(28)8-7-19(26-27)16-4-3-13-25-15-16/h2-8,13-15H,9-12,24H2,1H3. The van der Waals surface area contributed by atoms with Crippen molar-refractivity contribution in [3.63, 3.8) is 0 Å².